The van der Waals surface area contributed by atoms with Crippen molar-refractivity contribution in [1.82, 2.24) is 0 Å². The van der Waals surface area contributed by atoms with Gasteiger partial charge in [0.2, 0.25) is 0 Å². The summed E-state index contributed by atoms with van der Waals surface area (Å²) in [5.41, 5.74) is 1.13. The lowest BCUT2D eigenvalue weighted by atomic mass is 10.1. The second kappa shape index (κ2) is 12.2. The second-order valence-corrected chi connectivity index (χ2v) is 6.69. The first-order valence-electron chi connectivity index (χ1n) is 9.83. The Morgan fingerprint density at radius 2 is 1.88 bits per heavy atom. The fourth-order valence-electron chi connectivity index (χ4n) is 2.63. The van der Waals surface area contributed by atoms with Crippen molar-refractivity contribution in [2.45, 2.75) is 13.8 Å². The van der Waals surface area contributed by atoms with Crippen molar-refractivity contribution in [3.05, 3.63) is 70.8 Å². The predicted molar refractivity (Wildman–Crippen MR) is 123 cm³/mol. The molecular formula is C24H23ClN2O5. The summed E-state index contributed by atoms with van der Waals surface area (Å²) in [7, 11) is 0. The van der Waals surface area contributed by atoms with Crippen LogP contribution in [0.3, 0.4) is 0 Å². The summed E-state index contributed by atoms with van der Waals surface area (Å²) >= 11 is 6.32. The number of nitrogens with zero attached hydrogens (tertiary/aromatic N) is 1. The van der Waals surface area contributed by atoms with Gasteiger partial charge in [-0.2, -0.15) is 5.26 Å². The molecule has 0 spiro atoms. The van der Waals surface area contributed by atoms with E-state index in [4.69, 9.17) is 25.8 Å². The van der Waals surface area contributed by atoms with E-state index in [-0.39, 0.29) is 23.8 Å². The van der Waals surface area contributed by atoms with Gasteiger partial charge >= 0.3 is 5.97 Å². The van der Waals surface area contributed by atoms with Gasteiger partial charge in [0.25, 0.3) is 5.91 Å². The highest BCUT2D eigenvalue weighted by molar-refractivity contribution is 6.32. The van der Waals surface area contributed by atoms with Gasteiger partial charge in [-0.1, -0.05) is 24.3 Å². The first kappa shape index (κ1) is 24.5. The average molecular weight is 455 g/mol. The van der Waals surface area contributed by atoms with Gasteiger partial charge in [0, 0.05) is 5.69 Å². The van der Waals surface area contributed by atoms with E-state index < -0.39 is 11.9 Å². The number of esters is 1. The molecule has 32 heavy (non-hydrogen) atoms. The molecule has 0 fully saturated rings. The van der Waals surface area contributed by atoms with Crippen molar-refractivity contribution < 1.29 is 23.8 Å². The molecule has 0 heterocycles. The standard InChI is InChI=1S/C24H23ClN2O5/c1-4-11-32-22-20(25)13-16(14-21(22)30-5-2)12-18(15-26)23(28)27-19-9-7-17(8-10-19)24(29)31-6-3/h4,7-10,12-14H,1,5-6,11H2,2-3H3,(H,27,28)/b18-12+. The van der Waals surface area contributed by atoms with Gasteiger partial charge in [-0.05, 0) is 61.9 Å². The number of hydrogen-bond donors (Lipinski definition) is 1. The third-order valence-corrected chi connectivity index (χ3v) is 4.29. The second-order valence-electron chi connectivity index (χ2n) is 6.28. The largest absolute Gasteiger partial charge is 0.490 e. The third kappa shape index (κ3) is 6.62. The van der Waals surface area contributed by atoms with Gasteiger partial charge in [0.15, 0.2) is 11.5 Å². The number of hydrogen-bond acceptors (Lipinski definition) is 6. The van der Waals surface area contributed by atoms with Crippen LogP contribution in [0.1, 0.15) is 29.8 Å². The molecule has 0 aromatic heterocycles. The minimum atomic E-state index is -0.613. The summed E-state index contributed by atoms with van der Waals surface area (Å²) in [4.78, 5) is 24.3. The lowest BCUT2D eigenvalue weighted by Gasteiger charge is -2.13. The molecule has 0 bridgehead atoms. The fraction of sp³-hybridized carbons (Fsp3) is 0.208. The van der Waals surface area contributed by atoms with Crippen molar-refractivity contribution in [1.29, 1.82) is 5.26 Å². The summed E-state index contributed by atoms with van der Waals surface area (Å²) in [6, 6.07) is 11.2. The normalized spacial score (nSPS) is 10.6. The quantitative estimate of drug-likeness (QED) is 0.234. The average Bonchev–Trinajstić information content (AvgIpc) is 2.77. The molecule has 2 rings (SSSR count). The number of benzene rings is 2. The molecule has 7 nitrogen and oxygen atoms in total. The number of amides is 1. The van der Waals surface area contributed by atoms with E-state index in [0.29, 0.717) is 34.9 Å². The number of ether oxygens (including phenoxy) is 3. The van der Waals surface area contributed by atoms with Crippen LogP contribution in [0.2, 0.25) is 5.02 Å². The van der Waals surface area contributed by atoms with Crippen molar-refractivity contribution in [2.24, 2.45) is 0 Å². The maximum Gasteiger partial charge on any atom is 0.338 e. The number of halogens is 1. The van der Waals surface area contributed by atoms with E-state index in [1.807, 2.05) is 13.0 Å². The number of anilines is 1. The summed E-state index contributed by atoms with van der Waals surface area (Å²) < 4.78 is 16.1. The van der Waals surface area contributed by atoms with E-state index >= 15 is 0 Å². The highest BCUT2D eigenvalue weighted by Gasteiger charge is 2.15. The van der Waals surface area contributed by atoms with Crippen molar-refractivity contribution >= 4 is 35.2 Å². The predicted octanol–water partition coefficient (Wildman–Crippen LogP) is 5.03. The molecule has 166 valence electrons. The Morgan fingerprint density at radius 1 is 1.16 bits per heavy atom. The highest BCUT2D eigenvalue weighted by atomic mass is 35.5. The van der Waals surface area contributed by atoms with Crippen LogP contribution in [-0.2, 0) is 9.53 Å². The topological polar surface area (TPSA) is 97.7 Å². The Hall–Kier alpha value is -3.76. The molecular weight excluding hydrogens is 432 g/mol. The Bertz CT molecular complexity index is 1060. The Morgan fingerprint density at radius 3 is 2.47 bits per heavy atom. The highest BCUT2D eigenvalue weighted by Crippen LogP contribution is 2.37. The molecule has 8 heteroatoms. The van der Waals surface area contributed by atoms with Gasteiger partial charge < -0.3 is 19.5 Å². The van der Waals surface area contributed by atoms with Crippen LogP contribution >= 0.6 is 11.6 Å². The van der Waals surface area contributed by atoms with Gasteiger partial charge in [0.05, 0.1) is 23.8 Å². The number of nitriles is 1. The van der Waals surface area contributed by atoms with Gasteiger partial charge in [0.1, 0.15) is 18.2 Å². The van der Waals surface area contributed by atoms with E-state index in [2.05, 4.69) is 11.9 Å². The molecule has 0 saturated carbocycles. The molecule has 1 amide bonds. The Balaban J connectivity index is 2.24. The first-order valence-corrected chi connectivity index (χ1v) is 10.2. The maximum absolute atomic E-state index is 12.6. The molecule has 0 atom stereocenters. The van der Waals surface area contributed by atoms with Crippen LogP contribution in [0.5, 0.6) is 11.5 Å². The summed E-state index contributed by atoms with van der Waals surface area (Å²) in [5.74, 6) is -0.321. The molecule has 2 aromatic rings. The molecule has 0 aliphatic rings. The van der Waals surface area contributed by atoms with Crippen LogP contribution in [-0.4, -0.2) is 31.7 Å². The number of carbonyl (C=O) groups excluding carboxylic acids is 2. The minimum Gasteiger partial charge on any atom is -0.490 e. The molecule has 0 saturated heterocycles. The number of rotatable bonds is 10. The maximum atomic E-state index is 12.6. The Kier molecular flexibility index (Phi) is 9.33. The minimum absolute atomic E-state index is 0.141. The number of nitrogens with one attached hydrogen (secondary N) is 1. The Labute approximate surface area is 191 Å². The molecule has 2 aromatic carbocycles. The zero-order valence-electron chi connectivity index (χ0n) is 17.8. The molecule has 1 N–H and O–H groups in total. The van der Waals surface area contributed by atoms with Gasteiger partial charge in [-0.15, -0.1) is 0 Å². The zero-order valence-corrected chi connectivity index (χ0v) is 18.6. The summed E-state index contributed by atoms with van der Waals surface area (Å²) in [6.45, 7) is 8.02. The van der Waals surface area contributed by atoms with Crippen LogP contribution in [0.4, 0.5) is 5.69 Å². The van der Waals surface area contributed by atoms with E-state index in [9.17, 15) is 14.9 Å². The van der Waals surface area contributed by atoms with Crippen LogP contribution in [0.25, 0.3) is 6.08 Å². The van der Waals surface area contributed by atoms with Gasteiger partial charge in [-0.25, -0.2) is 4.79 Å². The van der Waals surface area contributed by atoms with E-state index in [1.54, 1.807) is 37.3 Å². The lowest BCUT2D eigenvalue weighted by molar-refractivity contribution is -0.112. The number of carbonyl (C=O) groups is 2. The smallest absolute Gasteiger partial charge is 0.338 e. The van der Waals surface area contributed by atoms with Crippen LogP contribution in [0.15, 0.2) is 54.6 Å². The zero-order chi connectivity index (χ0) is 23.5. The van der Waals surface area contributed by atoms with Gasteiger partial charge in [-0.3, -0.25) is 4.79 Å². The summed E-state index contributed by atoms with van der Waals surface area (Å²) in [5, 5.41) is 12.4. The van der Waals surface area contributed by atoms with E-state index in [1.165, 1.54) is 18.2 Å². The van der Waals surface area contributed by atoms with Crippen LogP contribution < -0.4 is 14.8 Å². The van der Waals surface area contributed by atoms with Crippen LogP contribution in [0, 0.1) is 11.3 Å². The fourth-order valence-corrected chi connectivity index (χ4v) is 2.91. The van der Waals surface area contributed by atoms with Crippen molar-refractivity contribution in [3.8, 4) is 17.6 Å². The monoisotopic (exact) mass is 454 g/mol. The lowest BCUT2D eigenvalue weighted by Crippen LogP contribution is -2.13. The molecule has 0 aliphatic heterocycles. The molecule has 0 aliphatic carbocycles. The summed E-state index contributed by atoms with van der Waals surface area (Å²) in [6.07, 6.45) is 2.98. The van der Waals surface area contributed by atoms with E-state index in [0.717, 1.165) is 0 Å². The molecule has 0 radical (unpaired) electrons. The van der Waals surface area contributed by atoms with Crippen molar-refractivity contribution in [2.75, 3.05) is 25.1 Å². The SMILES string of the molecule is C=CCOc1c(Cl)cc(/C=C(\C#N)C(=O)Nc2ccc(C(=O)OCC)cc2)cc1OCC. The third-order valence-electron chi connectivity index (χ3n) is 4.01. The molecule has 0 unspecified atom stereocenters. The van der Waals surface area contributed by atoms with Crippen molar-refractivity contribution in [3.63, 3.8) is 0 Å². The first-order chi connectivity index (χ1) is 15.4.